The molecular weight excluding hydrogens is 403 g/mol. The van der Waals surface area contributed by atoms with Gasteiger partial charge in [-0.15, -0.1) is 0 Å². The lowest BCUT2D eigenvalue weighted by Crippen LogP contribution is -2.36. The maximum atomic E-state index is 13.6. The number of aliphatic hydroxyl groups excluding tert-OH is 1. The molecule has 22 heavy (non-hydrogen) atoms. The molecule has 0 aliphatic heterocycles. The van der Waals surface area contributed by atoms with Crippen LogP contribution in [0, 0.1) is 15.2 Å². The van der Waals surface area contributed by atoms with Crippen molar-refractivity contribution in [2.45, 2.75) is 19.1 Å². The monoisotopic (exact) mass is 417 g/mol. The second-order valence-electron chi connectivity index (χ2n) is 4.84. The Morgan fingerprint density at radius 2 is 1.68 bits per heavy atom. The molecule has 116 valence electrons. The lowest BCUT2D eigenvalue weighted by atomic mass is 10.0. The Bertz CT molecular complexity index is 654. The van der Waals surface area contributed by atoms with Gasteiger partial charge in [0.1, 0.15) is 17.2 Å². The number of hydrogen-bond donors (Lipinski definition) is 2. The van der Waals surface area contributed by atoms with Crippen LogP contribution < -0.4 is 5.32 Å². The predicted octanol–water partition coefficient (Wildman–Crippen LogP) is 3.42. The van der Waals surface area contributed by atoms with Crippen molar-refractivity contribution >= 4 is 28.5 Å². The van der Waals surface area contributed by atoms with Gasteiger partial charge >= 0.3 is 0 Å². The zero-order valence-corrected chi connectivity index (χ0v) is 13.8. The largest absolute Gasteiger partial charge is 0.391 e. The van der Waals surface area contributed by atoms with E-state index in [4.69, 9.17) is 0 Å². The molecular formula is C16H14F2INO2. The smallest absolute Gasteiger partial charge is 0.257 e. The fourth-order valence-corrected chi connectivity index (χ4v) is 2.44. The van der Waals surface area contributed by atoms with E-state index in [2.05, 4.69) is 27.9 Å². The number of nitrogens with one attached hydrogen (secondary N) is 1. The number of aliphatic hydroxyl groups is 1. The highest BCUT2D eigenvalue weighted by atomic mass is 127. The topological polar surface area (TPSA) is 49.3 Å². The van der Waals surface area contributed by atoms with Gasteiger partial charge in [-0.3, -0.25) is 4.79 Å². The minimum atomic E-state index is -0.940. The molecule has 0 heterocycles. The van der Waals surface area contributed by atoms with Crippen molar-refractivity contribution in [3.8, 4) is 0 Å². The van der Waals surface area contributed by atoms with Crippen LogP contribution in [0.2, 0.25) is 0 Å². The Balaban J connectivity index is 2.28. The van der Waals surface area contributed by atoms with Gasteiger partial charge in [-0.1, -0.05) is 18.2 Å². The quantitative estimate of drug-likeness (QED) is 0.750. The summed E-state index contributed by atoms with van der Waals surface area (Å²) in [5, 5.41) is 12.3. The summed E-state index contributed by atoms with van der Waals surface area (Å²) in [6.07, 6.45) is -0.918. The summed E-state index contributed by atoms with van der Waals surface area (Å²) in [7, 11) is 0. The molecule has 3 nitrogen and oxygen atoms in total. The predicted molar refractivity (Wildman–Crippen MR) is 87.4 cm³/mol. The van der Waals surface area contributed by atoms with Gasteiger partial charge in [0.2, 0.25) is 0 Å². The van der Waals surface area contributed by atoms with E-state index in [9.17, 15) is 18.7 Å². The lowest BCUT2D eigenvalue weighted by molar-refractivity contribution is 0.0850. The summed E-state index contributed by atoms with van der Waals surface area (Å²) in [4.78, 5) is 12.1. The van der Waals surface area contributed by atoms with Gasteiger partial charge in [0, 0.05) is 3.57 Å². The SMILES string of the molecule is C[C@@H](O)[C@@H](NC(=O)c1c(F)cccc1F)c1ccc(I)cc1. The Kier molecular flexibility index (Phi) is 5.47. The van der Waals surface area contributed by atoms with E-state index in [1.165, 1.54) is 13.0 Å². The molecule has 0 saturated carbocycles. The van der Waals surface area contributed by atoms with Crippen LogP contribution in [0.5, 0.6) is 0 Å². The van der Waals surface area contributed by atoms with Gasteiger partial charge in [0.15, 0.2) is 0 Å². The molecule has 0 spiro atoms. The number of halogens is 3. The Labute approximate surface area is 140 Å². The molecule has 6 heteroatoms. The average Bonchev–Trinajstić information content (AvgIpc) is 2.45. The molecule has 2 N–H and O–H groups in total. The first kappa shape index (κ1) is 16.8. The van der Waals surface area contributed by atoms with Crippen LogP contribution in [0.4, 0.5) is 8.78 Å². The first-order valence-electron chi connectivity index (χ1n) is 6.58. The first-order chi connectivity index (χ1) is 10.4. The summed E-state index contributed by atoms with van der Waals surface area (Å²) in [5.41, 5.74) is -0.000764. The van der Waals surface area contributed by atoms with Crippen LogP contribution in [-0.4, -0.2) is 17.1 Å². The van der Waals surface area contributed by atoms with Crippen molar-refractivity contribution in [1.29, 1.82) is 0 Å². The van der Waals surface area contributed by atoms with Crippen molar-refractivity contribution in [3.05, 3.63) is 68.8 Å². The molecule has 0 saturated heterocycles. The van der Waals surface area contributed by atoms with Crippen LogP contribution in [-0.2, 0) is 0 Å². The average molecular weight is 417 g/mol. The number of carbonyl (C=O) groups excluding carboxylic acids is 1. The third-order valence-electron chi connectivity index (χ3n) is 3.19. The van der Waals surface area contributed by atoms with E-state index in [0.29, 0.717) is 5.56 Å². The zero-order valence-electron chi connectivity index (χ0n) is 11.7. The van der Waals surface area contributed by atoms with E-state index in [0.717, 1.165) is 15.7 Å². The van der Waals surface area contributed by atoms with Crippen molar-refractivity contribution in [3.63, 3.8) is 0 Å². The number of hydrogen-bond acceptors (Lipinski definition) is 2. The Morgan fingerprint density at radius 1 is 1.14 bits per heavy atom. The van der Waals surface area contributed by atoms with E-state index < -0.39 is 35.3 Å². The molecule has 0 aromatic heterocycles. The van der Waals surface area contributed by atoms with Crippen molar-refractivity contribution in [2.75, 3.05) is 0 Å². The fraction of sp³-hybridized carbons (Fsp3) is 0.188. The molecule has 2 atom stereocenters. The third kappa shape index (κ3) is 3.80. The van der Waals surface area contributed by atoms with Crippen molar-refractivity contribution in [2.24, 2.45) is 0 Å². The number of benzene rings is 2. The normalized spacial score (nSPS) is 13.5. The maximum absolute atomic E-state index is 13.6. The standard InChI is InChI=1S/C16H14F2INO2/c1-9(21)15(10-5-7-11(19)8-6-10)20-16(22)14-12(17)3-2-4-13(14)18/h2-9,15,21H,1H3,(H,20,22)/t9-,15-/m1/s1. The second kappa shape index (κ2) is 7.15. The van der Waals surface area contributed by atoms with Crippen LogP contribution in [0.3, 0.4) is 0 Å². The third-order valence-corrected chi connectivity index (χ3v) is 3.91. The van der Waals surface area contributed by atoms with Gasteiger partial charge in [-0.05, 0) is 59.3 Å². The molecule has 2 rings (SSSR count). The molecule has 0 bridgehead atoms. The summed E-state index contributed by atoms with van der Waals surface area (Å²) in [6.45, 7) is 1.50. The molecule has 0 aliphatic carbocycles. The highest BCUT2D eigenvalue weighted by Gasteiger charge is 2.24. The van der Waals surface area contributed by atoms with Crippen LogP contribution in [0.25, 0.3) is 0 Å². The van der Waals surface area contributed by atoms with Gasteiger partial charge in [-0.2, -0.15) is 0 Å². The van der Waals surface area contributed by atoms with Gasteiger partial charge < -0.3 is 10.4 Å². The number of carbonyl (C=O) groups is 1. The molecule has 0 unspecified atom stereocenters. The summed E-state index contributed by atoms with van der Waals surface area (Å²) >= 11 is 2.13. The summed E-state index contributed by atoms with van der Waals surface area (Å²) in [6, 6.07) is 9.59. The molecule has 2 aromatic rings. The fourth-order valence-electron chi connectivity index (χ4n) is 2.08. The van der Waals surface area contributed by atoms with Crippen LogP contribution in [0.15, 0.2) is 42.5 Å². The Hall–Kier alpha value is -1.54. The molecule has 1 amide bonds. The van der Waals surface area contributed by atoms with Gasteiger partial charge in [-0.25, -0.2) is 8.78 Å². The molecule has 0 aliphatic rings. The number of rotatable bonds is 4. The van der Waals surface area contributed by atoms with Crippen molar-refractivity contribution in [1.82, 2.24) is 5.32 Å². The minimum Gasteiger partial charge on any atom is -0.391 e. The Morgan fingerprint density at radius 3 is 2.18 bits per heavy atom. The highest BCUT2D eigenvalue weighted by molar-refractivity contribution is 14.1. The molecule has 0 radical (unpaired) electrons. The van der Waals surface area contributed by atoms with Crippen molar-refractivity contribution < 1.29 is 18.7 Å². The van der Waals surface area contributed by atoms with Crippen LogP contribution in [0.1, 0.15) is 28.9 Å². The minimum absolute atomic E-state index is 0.653. The van der Waals surface area contributed by atoms with Gasteiger partial charge in [0.05, 0.1) is 12.1 Å². The van der Waals surface area contributed by atoms with E-state index in [-0.39, 0.29) is 0 Å². The first-order valence-corrected chi connectivity index (χ1v) is 7.66. The molecule has 2 aromatic carbocycles. The second-order valence-corrected chi connectivity index (χ2v) is 6.09. The lowest BCUT2D eigenvalue weighted by Gasteiger charge is -2.22. The zero-order chi connectivity index (χ0) is 16.3. The summed E-state index contributed by atoms with van der Waals surface area (Å²) < 4.78 is 28.3. The summed E-state index contributed by atoms with van der Waals surface area (Å²) in [5.74, 6) is -2.78. The van der Waals surface area contributed by atoms with Crippen LogP contribution >= 0.6 is 22.6 Å². The molecule has 0 fully saturated rings. The highest BCUT2D eigenvalue weighted by Crippen LogP contribution is 2.20. The number of amides is 1. The van der Waals surface area contributed by atoms with Gasteiger partial charge in [0.25, 0.3) is 5.91 Å². The van der Waals surface area contributed by atoms with E-state index >= 15 is 0 Å². The van der Waals surface area contributed by atoms with E-state index in [1.807, 2.05) is 12.1 Å². The maximum Gasteiger partial charge on any atom is 0.257 e. The van der Waals surface area contributed by atoms with E-state index in [1.54, 1.807) is 12.1 Å².